The van der Waals surface area contributed by atoms with Crippen LogP contribution in [-0.2, 0) is 4.74 Å². The molecule has 0 saturated carbocycles. The second kappa shape index (κ2) is 5.09. The number of alkyl halides is 1. The van der Waals surface area contributed by atoms with Crippen LogP contribution in [0.15, 0.2) is 11.9 Å². The molecule has 0 unspecified atom stereocenters. The summed E-state index contributed by atoms with van der Waals surface area (Å²) in [7, 11) is 0. The summed E-state index contributed by atoms with van der Waals surface area (Å²) in [6.45, 7) is 5.27. The molecule has 1 aliphatic rings. The van der Waals surface area contributed by atoms with E-state index in [1.165, 1.54) is 25.2 Å². The first-order valence-electron chi connectivity index (χ1n) is 5.37. The number of hydrogen-bond acceptors (Lipinski definition) is 1. The van der Waals surface area contributed by atoms with E-state index in [1.54, 1.807) is 0 Å². The standard InChI is InChI=1S/C11H22BrOP/c1-14(2,9-4-3-5-10-14)11-8-13-7-6-12/h4,9H,3,5-8,10-11H2,1-2H3. The van der Waals surface area contributed by atoms with Gasteiger partial charge in [0.25, 0.3) is 0 Å². The molecule has 0 amide bonds. The summed E-state index contributed by atoms with van der Waals surface area (Å²) in [5.74, 6) is 2.52. The van der Waals surface area contributed by atoms with Crippen molar-refractivity contribution in [3.63, 3.8) is 0 Å². The summed E-state index contributed by atoms with van der Waals surface area (Å²) in [5.41, 5.74) is 0. The molecule has 0 atom stereocenters. The van der Waals surface area contributed by atoms with Gasteiger partial charge >= 0.3 is 96.2 Å². The maximum absolute atomic E-state index is 5.57. The van der Waals surface area contributed by atoms with Crippen LogP contribution in [-0.4, -0.2) is 44.2 Å². The molecule has 1 heterocycles. The molecule has 14 heavy (non-hydrogen) atoms. The Morgan fingerprint density at radius 2 is 2.14 bits per heavy atom. The van der Waals surface area contributed by atoms with Crippen molar-refractivity contribution < 1.29 is 4.74 Å². The molecular formula is C11H22BrOP. The van der Waals surface area contributed by atoms with Crippen molar-refractivity contribution in [2.75, 3.05) is 44.2 Å². The first-order chi connectivity index (χ1) is 6.55. The Morgan fingerprint density at radius 1 is 1.36 bits per heavy atom. The average Bonchev–Trinajstić information content (AvgIpc) is 2.13. The number of rotatable bonds is 5. The third kappa shape index (κ3) is 4.00. The summed E-state index contributed by atoms with van der Waals surface area (Å²) < 4.78 is 5.57. The third-order valence-electron chi connectivity index (χ3n) is 3.07. The molecule has 0 spiro atoms. The van der Waals surface area contributed by atoms with Gasteiger partial charge in [-0.25, -0.2) is 0 Å². The molecule has 0 N–H and O–H groups in total. The fourth-order valence-corrected chi connectivity index (χ4v) is 5.51. The van der Waals surface area contributed by atoms with Crippen LogP contribution in [0.2, 0.25) is 0 Å². The van der Waals surface area contributed by atoms with E-state index in [2.05, 4.69) is 41.2 Å². The minimum absolute atomic E-state index is 0.843. The van der Waals surface area contributed by atoms with E-state index in [9.17, 15) is 0 Å². The quantitative estimate of drug-likeness (QED) is 0.425. The van der Waals surface area contributed by atoms with Crippen molar-refractivity contribution in [2.24, 2.45) is 0 Å². The molecule has 0 saturated heterocycles. The van der Waals surface area contributed by atoms with Gasteiger partial charge in [0.1, 0.15) is 0 Å². The molecule has 0 aromatic rings. The Bertz CT molecular complexity index is 213. The van der Waals surface area contributed by atoms with Gasteiger partial charge in [0.2, 0.25) is 0 Å². The Balaban J connectivity index is 2.39. The number of halogens is 1. The van der Waals surface area contributed by atoms with Crippen LogP contribution in [0.3, 0.4) is 0 Å². The molecular weight excluding hydrogens is 259 g/mol. The first-order valence-corrected chi connectivity index (χ1v) is 10.1. The third-order valence-corrected chi connectivity index (χ3v) is 8.06. The zero-order valence-electron chi connectivity index (χ0n) is 9.34. The van der Waals surface area contributed by atoms with E-state index in [4.69, 9.17) is 4.74 Å². The zero-order valence-corrected chi connectivity index (χ0v) is 11.8. The van der Waals surface area contributed by atoms with E-state index in [0.29, 0.717) is 0 Å². The second-order valence-corrected chi connectivity index (χ2v) is 12.7. The molecule has 1 nitrogen and oxygen atoms in total. The van der Waals surface area contributed by atoms with Crippen LogP contribution in [0.4, 0.5) is 0 Å². The van der Waals surface area contributed by atoms with E-state index in [0.717, 1.165) is 18.5 Å². The molecule has 1 aliphatic heterocycles. The molecule has 0 fully saturated rings. The fraction of sp³-hybridized carbons (Fsp3) is 0.818. The molecule has 0 aromatic heterocycles. The topological polar surface area (TPSA) is 9.23 Å². The van der Waals surface area contributed by atoms with Crippen LogP contribution in [0.1, 0.15) is 12.8 Å². The van der Waals surface area contributed by atoms with Gasteiger partial charge in [-0.1, -0.05) is 0 Å². The van der Waals surface area contributed by atoms with Gasteiger partial charge < -0.3 is 0 Å². The van der Waals surface area contributed by atoms with E-state index in [1.807, 2.05) is 0 Å². The van der Waals surface area contributed by atoms with Gasteiger partial charge in [0.05, 0.1) is 0 Å². The number of allylic oxidation sites excluding steroid dienone is 1. The molecule has 0 bridgehead atoms. The van der Waals surface area contributed by atoms with Crippen molar-refractivity contribution in [3.05, 3.63) is 11.9 Å². The van der Waals surface area contributed by atoms with Crippen LogP contribution < -0.4 is 0 Å². The molecule has 0 aliphatic carbocycles. The monoisotopic (exact) mass is 280 g/mol. The zero-order chi connectivity index (χ0) is 10.5. The molecule has 84 valence electrons. The summed E-state index contributed by atoms with van der Waals surface area (Å²) in [6, 6.07) is 0. The average molecular weight is 281 g/mol. The maximum atomic E-state index is 5.57. The molecule has 1 rings (SSSR count). The van der Waals surface area contributed by atoms with Crippen LogP contribution in [0, 0.1) is 0 Å². The van der Waals surface area contributed by atoms with Crippen LogP contribution in [0.5, 0.6) is 0 Å². The number of hydrogen-bond donors (Lipinski definition) is 0. The summed E-state index contributed by atoms with van der Waals surface area (Å²) in [5, 5.41) is 0.951. The molecule has 0 radical (unpaired) electrons. The SMILES string of the molecule is CP1(C)(CCOCCBr)C=CCCC1. The number of ether oxygens (including phenoxy) is 1. The summed E-state index contributed by atoms with van der Waals surface area (Å²) in [4.78, 5) is 0. The minimum atomic E-state index is -1.47. The first kappa shape index (κ1) is 12.7. The van der Waals surface area contributed by atoms with Crippen molar-refractivity contribution in [1.29, 1.82) is 0 Å². The Kier molecular flexibility index (Phi) is 4.61. The van der Waals surface area contributed by atoms with Gasteiger partial charge in [-0.3, -0.25) is 0 Å². The van der Waals surface area contributed by atoms with Crippen molar-refractivity contribution >= 4 is 22.5 Å². The fourth-order valence-electron chi connectivity index (χ4n) is 1.94. The predicted molar refractivity (Wildman–Crippen MR) is 71.5 cm³/mol. The van der Waals surface area contributed by atoms with Crippen LogP contribution >= 0.6 is 22.5 Å². The predicted octanol–water partition coefficient (Wildman–Crippen LogP) is 3.52. The van der Waals surface area contributed by atoms with Crippen molar-refractivity contribution in [2.45, 2.75) is 12.8 Å². The normalized spacial score (nSPS) is 26.6. The Morgan fingerprint density at radius 3 is 2.71 bits per heavy atom. The van der Waals surface area contributed by atoms with Crippen LogP contribution in [0.25, 0.3) is 0 Å². The molecule has 3 heteroatoms. The van der Waals surface area contributed by atoms with E-state index in [-0.39, 0.29) is 0 Å². The molecule has 0 aromatic carbocycles. The summed E-state index contributed by atoms with van der Waals surface area (Å²) >= 11 is 3.37. The Hall–Kier alpha value is 0.610. The van der Waals surface area contributed by atoms with E-state index < -0.39 is 6.60 Å². The van der Waals surface area contributed by atoms with Gasteiger partial charge in [0, 0.05) is 0 Å². The van der Waals surface area contributed by atoms with Gasteiger partial charge in [0.15, 0.2) is 0 Å². The second-order valence-electron chi connectivity index (χ2n) is 5.09. The Labute approximate surface area is 96.3 Å². The van der Waals surface area contributed by atoms with Crippen molar-refractivity contribution in [3.8, 4) is 0 Å². The van der Waals surface area contributed by atoms with Gasteiger partial charge in [-0.05, 0) is 0 Å². The van der Waals surface area contributed by atoms with Gasteiger partial charge in [-0.2, -0.15) is 0 Å². The van der Waals surface area contributed by atoms with E-state index >= 15 is 0 Å². The summed E-state index contributed by atoms with van der Waals surface area (Å²) in [6.07, 6.45) is 7.71. The van der Waals surface area contributed by atoms with Crippen molar-refractivity contribution in [1.82, 2.24) is 0 Å². The van der Waals surface area contributed by atoms with Gasteiger partial charge in [-0.15, -0.1) is 0 Å².